The smallest absolute Gasteiger partial charge is 0.231 e. The van der Waals surface area contributed by atoms with Gasteiger partial charge >= 0.3 is 0 Å². The van der Waals surface area contributed by atoms with Crippen LogP contribution in [0.4, 0.5) is 0 Å². The lowest BCUT2D eigenvalue weighted by molar-refractivity contribution is -0.119. The standard InChI is InChI=1S/C9H20N4O3S/c10-9(14)7-13(5-6-17(11,15)16)8-1-3-12-4-2-8/h8,12H,1-7H2,(H2,10,14)(H2,11,15,16). The van der Waals surface area contributed by atoms with Crippen LogP contribution in [-0.4, -0.2) is 57.2 Å². The zero-order valence-corrected chi connectivity index (χ0v) is 10.6. The van der Waals surface area contributed by atoms with Gasteiger partial charge in [-0.05, 0) is 25.9 Å². The first-order valence-electron chi connectivity index (χ1n) is 5.62. The molecule has 1 aliphatic heterocycles. The number of carbonyl (C=O) groups is 1. The molecule has 8 heteroatoms. The highest BCUT2D eigenvalue weighted by atomic mass is 32.2. The number of nitrogens with zero attached hydrogens (tertiary/aromatic N) is 1. The molecule has 1 amide bonds. The van der Waals surface area contributed by atoms with Crippen LogP contribution in [0.1, 0.15) is 12.8 Å². The zero-order valence-electron chi connectivity index (χ0n) is 9.76. The van der Waals surface area contributed by atoms with E-state index in [1.54, 1.807) is 0 Å². The van der Waals surface area contributed by atoms with Crippen molar-refractivity contribution in [1.82, 2.24) is 10.2 Å². The fourth-order valence-electron chi connectivity index (χ4n) is 2.01. The van der Waals surface area contributed by atoms with E-state index in [1.807, 2.05) is 4.90 Å². The Morgan fingerprint density at radius 1 is 1.35 bits per heavy atom. The van der Waals surface area contributed by atoms with Crippen molar-refractivity contribution in [3.8, 4) is 0 Å². The average Bonchev–Trinajstić information content (AvgIpc) is 2.24. The van der Waals surface area contributed by atoms with Crippen molar-refractivity contribution in [3.63, 3.8) is 0 Å². The molecule has 7 nitrogen and oxygen atoms in total. The predicted octanol–water partition coefficient (Wildman–Crippen LogP) is -2.19. The Kier molecular flexibility index (Phi) is 5.31. The van der Waals surface area contributed by atoms with E-state index in [-0.39, 0.29) is 24.9 Å². The van der Waals surface area contributed by atoms with Gasteiger partial charge in [0.1, 0.15) is 0 Å². The molecule has 0 spiro atoms. The fraction of sp³-hybridized carbons (Fsp3) is 0.889. The van der Waals surface area contributed by atoms with Crippen LogP contribution in [0.2, 0.25) is 0 Å². The lowest BCUT2D eigenvalue weighted by atomic mass is 10.0. The summed E-state index contributed by atoms with van der Waals surface area (Å²) >= 11 is 0. The summed E-state index contributed by atoms with van der Waals surface area (Å²) in [5.74, 6) is -0.595. The van der Waals surface area contributed by atoms with Gasteiger partial charge in [-0.2, -0.15) is 0 Å². The van der Waals surface area contributed by atoms with Gasteiger partial charge in [-0.15, -0.1) is 0 Å². The summed E-state index contributed by atoms with van der Waals surface area (Å²) in [5.41, 5.74) is 5.16. The topological polar surface area (TPSA) is 119 Å². The van der Waals surface area contributed by atoms with Gasteiger partial charge in [0.25, 0.3) is 0 Å². The van der Waals surface area contributed by atoms with E-state index in [1.165, 1.54) is 0 Å². The van der Waals surface area contributed by atoms with Crippen molar-refractivity contribution < 1.29 is 13.2 Å². The summed E-state index contributed by atoms with van der Waals surface area (Å²) in [5, 5.41) is 8.17. The highest BCUT2D eigenvalue weighted by molar-refractivity contribution is 7.89. The zero-order chi connectivity index (χ0) is 12.9. The molecule has 0 atom stereocenters. The molecule has 5 N–H and O–H groups in total. The van der Waals surface area contributed by atoms with E-state index in [9.17, 15) is 13.2 Å². The second kappa shape index (κ2) is 6.29. The Hall–Kier alpha value is -0.700. The van der Waals surface area contributed by atoms with Crippen molar-refractivity contribution in [2.24, 2.45) is 10.9 Å². The Balaban J connectivity index is 2.55. The lowest BCUT2D eigenvalue weighted by Gasteiger charge is -2.33. The van der Waals surface area contributed by atoms with Crippen LogP contribution >= 0.6 is 0 Å². The SMILES string of the molecule is NC(=O)CN(CCS(N)(=O)=O)C1CCNCC1. The number of nitrogens with two attached hydrogens (primary N) is 2. The van der Waals surface area contributed by atoms with E-state index in [0.717, 1.165) is 25.9 Å². The van der Waals surface area contributed by atoms with Crippen LogP contribution in [0.15, 0.2) is 0 Å². The highest BCUT2D eigenvalue weighted by Crippen LogP contribution is 2.11. The number of amides is 1. The molecule has 0 unspecified atom stereocenters. The van der Waals surface area contributed by atoms with Crippen molar-refractivity contribution in [2.75, 3.05) is 31.9 Å². The quantitative estimate of drug-likeness (QED) is 0.504. The second-order valence-corrected chi connectivity index (χ2v) is 6.02. The summed E-state index contributed by atoms with van der Waals surface area (Å²) < 4.78 is 21.9. The number of hydrogen-bond acceptors (Lipinski definition) is 5. The van der Waals surface area contributed by atoms with Crippen LogP contribution in [0.25, 0.3) is 0 Å². The molecule has 0 radical (unpaired) electrons. The molecule has 0 aromatic heterocycles. The fourth-order valence-corrected chi connectivity index (χ4v) is 2.50. The first-order chi connectivity index (χ1) is 7.88. The number of primary sulfonamides is 1. The maximum Gasteiger partial charge on any atom is 0.231 e. The van der Waals surface area contributed by atoms with Crippen LogP contribution in [0.3, 0.4) is 0 Å². The molecule has 1 aliphatic rings. The minimum atomic E-state index is -3.50. The number of sulfonamides is 1. The van der Waals surface area contributed by atoms with Gasteiger partial charge in [0, 0.05) is 12.6 Å². The minimum Gasteiger partial charge on any atom is -0.369 e. The molecule has 1 saturated heterocycles. The molecule has 0 aromatic carbocycles. The number of carbonyl (C=O) groups excluding carboxylic acids is 1. The Morgan fingerprint density at radius 3 is 2.41 bits per heavy atom. The van der Waals surface area contributed by atoms with Crippen molar-refractivity contribution in [1.29, 1.82) is 0 Å². The molecular weight excluding hydrogens is 244 g/mol. The number of hydrogen-bond donors (Lipinski definition) is 3. The van der Waals surface area contributed by atoms with Gasteiger partial charge < -0.3 is 11.1 Å². The monoisotopic (exact) mass is 264 g/mol. The van der Waals surface area contributed by atoms with Gasteiger partial charge in [-0.3, -0.25) is 9.69 Å². The third-order valence-corrected chi connectivity index (χ3v) is 3.60. The summed E-state index contributed by atoms with van der Waals surface area (Å²) in [4.78, 5) is 12.8. The van der Waals surface area contributed by atoms with Crippen LogP contribution in [-0.2, 0) is 14.8 Å². The van der Waals surface area contributed by atoms with Gasteiger partial charge in [-0.25, -0.2) is 13.6 Å². The van der Waals surface area contributed by atoms with Crippen LogP contribution in [0, 0.1) is 0 Å². The first-order valence-corrected chi connectivity index (χ1v) is 7.33. The molecule has 0 bridgehead atoms. The summed E-state index contributed by atoms with van der Waals surface area (Å²) in [6.07, 6.45) is 1.77. The summed E-state index contributed by atoms with van der Waals surface area (Å²) in [6.45, 7) is 2.08. The summed E-state index contributed by atoms with van der Waals surface area (Å²) in [7, 11) is -3.50. The molecule has 1 fully saturated rings. The third kappa shape index (κ3) is 5.97. The Morgan fingerprint density at radius 2 is 1.94 bits per heavy atom. The second-order valence-electron chi connectivity index (χ2n) is 4.28. The van der Waals surface area contributed by atoms with Gasteiger partial charge in [0.05, 0.1) is 12.3 Å². The maximum absolute atomic E-state index is 11.0. The number of rotatable bonds is 6. The first kappa shape index (κ1) is 14.4. The largest absolute Gasteiger partial charge is 0.369 e. The van der Waals surface area contributed by atoms with E-state index in [2.05, 4.69) is 5.32 Å². The van der Waals surface area contributed by atoms with Gasteiger partial charge in [-0.1, -0.05) is 0 Å². The van der Waals surface area contributed by atoms with Crippen LogP contribution in [0.5, 0.6) is 0 Å². The molecular formula is C9H20N4O3S. The predicted molar refractivity (Wildman–Crippen MR) is 64.6 cm³/mol. The van der Waals surface area contributed by atoms with E-state index < -0.39 is 15.9 Å². The van der Waals surface area contributed by atoms with Crippen molar-refractivity contribution in [2.45, 2.75) is 18.9 Å². The average molecular weight is 264 g/mol. The van der Waals surface area contributed by atoms with Crippen molar-refractivity contribution in [3.05, 3.63) is 0 Å². The molecule has 17 heavy (non-hydrogen) atoms. The maximum atomic E-state index is 11.0. The minimum absolute atomic E-state index is 0.0835. The van der Waals surface area contributed by atoms with E-state index in [4.69, 9.17) is 10.9 Å². The lowest BCUT2D eigenvalue weighted by Crippen LogP contribution is -2.48. The normalized spacial score (nSPS) is 18.5. The van der Waals surface area contributed by atoms with E-state index >= 15 is 0 Å². The number of primary amides is 1. The highest BCUT2D eigenvalue weighted by Gasteiger charge is 2.23. The summed E-state index contributed by atoms with van der Waals surface area (Å²) in [6, 6.07) is 0.200. The Labute approximate surface area is 102 Å². The van der Waals surface area contributed by atoms with Crippen LogP contribution < -0.4 is 16.2 Å². The van der Waals surface area contributed by atoms with Gasteiger partial charge in [0.2, 0.25) is 15.9 Å². The molecule has 0 saturated carbocycles. The number of nitrogens with one attached hydrogen (secondary N) is 1. The molecule has 1 rings (SSSR count). The number of piperidine rings is 1. The Bertz CT molecular complexity index is 351. The van der Waals surface area contributed by atoms with E-state index in [0.29, 0.717) is 0 Å². The molecule has 0 aliphatic carbocycles. The van der Waals surface area contributed by atoms with Crippen molar-refractivity contribution >= 4 is 15.9 Å². The molecule has 100 valence electrons. The molecule has 0 aromatic rings. The van der Waals surface area contributed by atoms with Gasteiger partial charge in [0.15, 0.2) is 0 Å². The molecule has 1 heterocycles. The third-order valence-electron chi connectivity index (χ3n) is 2.85.